The number of hydrogen-bond acceptors (Lipinski definition) is 6. The highest BCUT2D eigenvalue weighted by atomic mass is 16.6. The van der Waals surface area contributed by atoms with Gasteiger partial charge in [0.25, 0.3) is 0 Å². The van der Waals surface area contributed by atoms with Gasteiger partial charge in [0, 0.05) is 48.8 Å². The smallest absolute Gasteiger partial charge is 0.410 e. The molecule has 1 fully saturated rings. The molecule has 3 N–H and O–H groups in total. The third-order valence-electron chi connectivity index (χ3n) is 7.08. The molecule has 1 aliphatic carbocycles. The molecular weight excluding hydrogens is 494 g/mol. The van der Waals surface area contributed by atoms with E-state index in [9.17, 15) is 14.4 Å². The molecule has 3 aromatic rings. The van der Waals surface area contributed by atoms with E-state index in [-0.39, 0.29) is 17.6 Å². The number of anilines is 2. The van der Waals surface area contributed by atoms with Gasteiger partial charge in [0.05, 0.1) is 16.9 Å². The molecule has 3 heterocycles. The van der Waals surface area contributed by atoms with E-state index in [2.05, 4.69) is 20.6 Å². The van der Waals surface area contributed by atoms with Crippen LogP contribution in [0.1, 0.15) is 56.1 Å². The summed E-state index contributed by atoms with van der Waals surface area (Å²) in [6, 6.07) is 13.0. The number of Topliss-reactive ketones (excluding diaryl/α,β-unsaturated/α-hetero) is 1. The van der Waals surface area contributed by atoms with Crippen LogP contribution in [0.25, 0.3) is 11.3 Å². The van der Waals surface area contributed by atoms with E-state index in [0.29, 0.717) is 37.9 Å². The average Bonchev–Trinajstić information content (AvgIpc) is 3.53. The Balaban J connectivity index is 1.31. The van der Waals surface area contributed by atoms with Crippen molar-refractivity contribution in [2.24, 2.45) is 5.92 Å². The highest BCUT2D eigenvalue weighted by molar-refractivity contribution is 6.07. The number of nitrogens with zero attached hydrogens (tertiary/aromatic N) is 2. The summed E-state index contributed by atoms with van der Waals surface area (Å²) in [5.41, 5.74) is 4.31. The van der Waals surface area contributed by atoms with Crippen LogP contribution in [0.5, 0.6) is 0 Å². The van der Waals surface area contributed by atoms with Gasteiger partial charge >= 0.3 is 6.09 Å². The number of carbonyl (C=O) groups is 3. The molecule has 204 valence electrons. The summed E-state index contributed by atoms with van der Waals surface area (Å²) in [7, 11) is 0. The first-order valence-electron chi connectivity index (χ1n) is 13.5. The number of ketones is 1. The largest absolute Gasteiger partial charge is 0.444 e. The third-order valence-corrected chi connectivity index (χ3v) is 7.08. The Bertz CT molecular complexity index is 1350. The molecule has 5 rings (SSSR count). The van der Waals surface area contributed by atoms with Crippen molar-refractivity contribution in [1.82, 2.24) is 20.2 Å². The van der Waals surface area contributed by atoms with Gasteiger partial charge in [-0.2, -0.15) is 0 Å². The maximum Gasteiger partial charge on any atom is 0.410 e. The fourth-order valence-electron chi connectivity index (χ4n) is 5.35. The van der Waals surface area contributed by atoms with Crippen LogP contribution in [-0.4, -0.2) is 57.4 Å². The number of rotatable bonds is 6. The van der Waals surface area contributed by atoms with E-state index in [1.807, 2.05) is 63.2 Å². The first kappa shape index (κ1) is 26.5. The maximum atomic E-state index is 13.5. The number of aromatic amines is 1. The van der Waals surface area contributed by atoms with Crippen molar-refractivity contribution in [3.63, 3.8) is 0 Å². The zero-order chi connectivity index (χ0) is 27.6. The lowest BCUT2D eigenvalue weighted by atomic mass is 9.86. The number of nitrogens with one attached hydrogen (secondary N) is 3. The summed E-state index contributed by atoms with van der Waals surface area (Å²) in [4.78, 5) is 48.3. The molecule has 0 saturated carbocycles. The fourth-order valence-corrected chi connectivity index (χ4v) is 5.35. The molecule has 9 nitrogen and oxygen atoms in total. The average molecular weight is 530 g/mol. The minimum atomic E-state index is -0.625. The summed E-state index contributed by atoms with van der Waals surface area (Å²) in [6.07, 6.45) is 5.28. The van der Waals surface area contributed by atoms with Gasteiger partial charge in [-0.1, -0.05) is 18.2 Å². The maximum absolute atomic E-state index is 13.5. The van der Waals surface area contributed by atoms with Gasteiger partial charge in [0.2, 0.25) is 5.91 Å². The summed E-state index contributed by atoms with van der Waals surface area (Å²) < 4.78 is 5.49. The Labute approximate surface area is 228 Å². The van der Waals surface area contributed by atoms with Crippen molar-refractivity contribution in [3.8, 4) is 11.3 Å². The Morgan fingerprint density at radius 3 is 2.56 bits per heavy atom. The van der Waals surface area contributed by atoms with E-state index in [1.165, 1.54) is 4.90 Å². The normalized spacial score (nSPS) is 18.9. The van der Waals surface area contributed by atoms with Crippen molar-refractivity contribution in [3.05, 3.63) is 66.1 Å². The number of likely N-dealkylation sites (tertiary alicyclic amines) is 1. The van der Waals surface area contributed by atoms with E-state index >= 15 is 0 Å². The SMILES string of the molecule is CC(C)(C)OC(=O)N1CCC[C@H]1C(=O)NCC1CC(=O)c2c([nH]c(-c3ccncc3)c2Nc2ccccc2)C1. The number of para-hydroxylation sites is 1. The topological polar surface area (TPSA) is 116 Å². The summed E-state index contributed by atoms with van der Waals surface area (Å²) in [6.45, 7) is 6.28. The number of ether oxygens (including phenoxy) is 1. The number of hydrogen-bond donors (Lipinski definition) is 3. The zero-order valence-electron chi connectivity index (χ0n) is 22.6. The minimum Gasteiger partial charge on any atom is -0.444 e. The van der Waals surface area contributed by atoms with Gasteiger partial charge in [0.1, 0.15) is 11.6 Å². The molecule has 1 aromatic carbocycles. The van der Waals surface area contributed by atoms with Crippen LogP contribution in [-0.2, 0) is 16.0 Å². The van der Waals surface area contributed by atoms with Crippen LogP contribution in [0.3, 0.4) is 0 Å². The second-order valence-electron chi connectivity index (χ2n) is 11.2. The van der Waals surface area contributed by atoms with Crippen LogP contribution < -0.4 is 10.6 Å². The van der Waals surface area contributed by atoms with Gasteiger partial charge < -0.3 is 20.4 Å². The molecule has 0 bridgehead atoms. The summed E-state index contributed by atoms with van der Waals surface area (Å²) in [5.74, 6) is -0.229. The number of aromatic nitrogens is 2. The number of amides is 2. The van der Waals surface area contributed by atoms with E-state index in [1.54, 1.807) is 12.4 Å². The molecule has 9 heteroatoms. The van der Waals surface area contributed by atoms with Crippen LogP contribution >= 0.6 is 0 Å². The molecule has 1 aliphatic heterocycles. The van der Waals surface area contributed by atoms with Crippen molar-refractivity contribution in [2.75, 3.05) is 18.4 Å². The molecule has 2 atom stereocenters. The Morgan fingerprint density at radius 2 is 1.85 bits per heavy atom. The molecule has 2 amide bonds. The number of fused-ring (bicyclic) bond motifs is 1. The lowest BCUT2D eigenvalue weighted by Gasteiger charge is -2.28. The molecule has 0 radical (unpaired) electrons. The second kappa shape index (κ2) is 10.9. The van der Waals surface area contributed by atoms with E-state index < -0.39 is 17.7 Å². The Hall–Kier alpha value is -4.14. The quantitative estimate of drug-likeness (QED) is 0.410. The van der Waals surface area contributed by atoms with Gasteiger partial charge in [-0.05, 0) is 70.2 Å². The van der Waals surface area contributed by atoms with Crippen molar-refractivity contribution >= 4 is 29.2 Å². The second-order valence-corrected chi connectivity index (χ2v) is 11.2. The number of pyridine rings is 1. The van der Waals surface area contributed by atoms with Gasteiger partial charge in [-0.3, -0.25) is 19.5 Å². The van der Waals surface area contributed by atoms with E-state index in [4.69, 9.17) is 4.74 Å². The number of benzene rings is 1. The highest BCUT2D eigenvalue weighted by Crippen LogP contribution is 2.39. The molecule has 1 unspecified atom stereocenters. The predicted octanol–water partition coefficient (Wildman–Crippen LogP) is 5.08. The first-order chi connectivity index (χ1) is 18.7. The summed E-state index contributed by atoms with van der Waals surface area (Å²) in [5, 5.41) is 6.46. The molecule has 2 aromatic heterocycles. The van der Waals surface area contributed by atoms with Crippen LogP contribution in [0.4, 0.5) is 16.2 Å². The van der Waals surface area contributed by atoms with Crippen LogP contribution in [0, 0.1) is 5.92 Å². The van der Waals surface area contributed by atoms with Crippen LogP contribution in [0.2, 0.25) is 0 Å². The van der Waals surface area contributed by atoms with Gasteiger partial charge in [-0.15, -0.1) is 0 Å². The van der Waals surface area contributed by atoms with Crippen molar-refractivity contribution in [2.45, 2.75) is 58.1 Å². The monoisotopic (exact) mass is 529 g/mol. The fraction of sp³-hybridized carbons (Fsp3) is 0.400. The van der Waals surface area contributed by atoms with Crippen molar-refractivity contribution in [1.29, 1.82) is 0 Å². The highest BCUT2D eigenvalue weighted by Gasteiger charge is 2.37. The molecular formula is C30H35N5O4. The molecule has 39 heavy (non-hydrogen) atoms. The van der Waals surface area contributed by atoms with Crippen molar-refractivity contribution < 1.29 is 19.1 Å². The van der Waals surface area contributed by atoms with Gasteiger partial charge in [0.15, 0.2) is 5.78 Å². The standard InChI is InChI=1S/C30H35N5O4/c1-30(2,3)39-29(38)35-15-7-10-23(35)28(37)32-18-19-16-22-25(24(36)17-19)27(33-21-8-5-4-6-9-21)26(34-22)20-11-13-31-14-12-20/h4-6,8-9,11-14,19,23,33-34H,7,10,15-18H2,1-3H3,(H,32,37)/t19?,23-/m0/s1. The molecule has 1 saturated heterocycles. The van der Waals surface area contributed by atoms with Gasteiger partial charge in [-0.25, -0.2) is 4.79 Å². The lowest BCUT2D eigenvalue weighted by molar-refractivity contribution is -0.125. The molecule has 2 aliphatic rings. The van der Waals surface area contributed by atoms with E-state index in [0.717, 1.165) is 34.7 Å². The van der Waals surface area contributed by atoms with Crippen LogP contribution in [0.15, 0.2) is 54.9 Å². The minimum absolute atomic E-state index is 0.0294. The zero-order valence-corrected chi connectivity index (χ0v) is 22.6. The molecule has 0 spiro atoms. The summed E-state index contributed by atoms with van der Waals surface area (Å²) >= 11 is 0. The first-order valence-corrected chi connectivity index (χ1v) is 13.5. The predicted molar refractivity (Wildman–Crippen MR) is 149 cm³/mol. The Kier molecular flexibility index (Phi) is 7.41. The lowest BCUT2D eigenvalue weighted by Crippen LogP contribution is -2.48. The number of carbonyl (C=O) groups excluding carboxylic acids is 3. The Morgan fingerprint density at radius 1 is 1.10 bits per heavy atom. The third kappa shape index (κ3) is 5.97. The number of H-pyrrole nitrogens is 1.